The van der Waals surface area contributed by atoms with E-state index in [-0.39, 0.29) is 6.10 Å². The fourth-order valence-corrected chi connectivity index (χ4v) is 3.07. The molecule has 2 rings (SSSR count). The van der Waals surface area contributed by atoms with Crippen LogP contribution in [0.5, 0.6) is 0 Å². The van der Waals surface area contributed by atoms with Gasteiger partial charge in [-0.3, -0.25) is 0 Å². The summed E-state index contributed by atoms with van der Waals surface area (Å²) in [5.41, 5.74) is 1.35. The smallest absolute Gasteiger partial charge is 0.0541 e. The molecular formula is C15H23NOS. The first-order valence-electron chi connectivity index (χ1n) is 6.91. The first kappa shape index (κ1) is 13.9. The van der Waals surface area contributed by atoms with Gasteiger partial charge in [0.2, 0.25) is 0 Å². The molecule has 0 unspecified atom stereocenters. The van der Waals surface area contributed by atoms with E-state index in [0.29, 0.717) is 6.04 Å². The van der Waals surface area contributed by atoms with Gasteiger partial charge in [0.1, 0.15) is 0 Å². The fourth-order valence-electron chi connectivity index (χ4n) is 2.41. The van der Waals surface area contributed by atoms with Crippen molar-refractivity contribution in [2.24, 2.45) is 0 Å². The first-order chi connectivity index (χ1) is 8.78. The summed E-state index contributed by atoms with van der Waals surface area (Å²) in [7, 11) is 0. The number of hydrogen-bond donors (Lipinski definition) is 2. The van der Waals surface area contributed by atoms with E-state index in [2.05, 4.69) is 36.5 Å². The summed E-state index contributed by atoms with van der Waals surface area (Å²) in [6.07, 6.45) is 4.04. The van der Waals surface area contributed by atoms with Gasteiger partial charge in [0.05, 0.1) is 6.10 Å². The van der Waals surface area contributed by atoms with E-state index in [0.717, 1.165) is 38.0 Å². The Kier molecular flexibility index (Phi) is 5.54. The molecule has 0 bridgehead atoms. The van der Waals surface area contributed by atoms with Crippen molar-refractivity contribution in [1.29, 1.82) is 0 Å². The number of hydrogen-bond acceptors (Lipinski definition) is 3. The minimum atomic E-state index is -0.0617. The Morgan fingerprint density at radius 3 is 2.44 bits per heavy atom. The van der Waals surface area contributed by atoms with E-state index in [4.69, 9.17) is 0 Å². The van der Waals surface area contributed by atoms with Gasteiger partial charge in [-0.2, -0.15) is 0 Å². The second kappa shape index (κ2) is 7.17. The van der Waals surface area contributed by atoms with Crippen molar-refractivity contribution in [3.05, 3.63) is 29.8 Å². The molecule has 1 fully saturated rings. The molecule has 1 aliphatic rings. The molecule has 1 aliphatic carbocycles. The Bertz CT molecular complexity index is 344. The van der Waals surface area contributed by atoms with Crippen molar-refractivity contribution in [2.45, 2.75) is 56.2 Å². The zero-order chi connectivity index (χ0) is 12.8. The van der Waals surface area contributed by atoms with Crippen LogP contribution in [0.2, 0.25) is 0 Å². The Hall–Kier alpha value is -0.510. The molecule has 0 heterocycles. The maximum Gasteiger partial charge on any atom is 0.0541 e. The monoisotopic (exact) mass is 265 g/mol. The maximum absolute atomic E-state index is 9.46. The molecule has 0 aromatic heterocycles. The van der Waals surface area contributed by atoms with E-state index >= 15 is 0 Å². The van der Waals surface area contributed by atoms with Gasteiger partial charge >= 0.3 is 0 Å². The van der Waals surface area contributed by atoms with Crippen LogP contribution in [0, 0.1) is 0 Å². The van der Waals surface area contributed by atoms with Gasteiger partial charge in [-0.05, 0) is 49.1 Å². The fraction of sp³-hybridized carbons (Fsp3) is 0.600. The van der Waals surface area contributed by atoms with Crippen LogP contribution in [0.15, 0.2) is 29.2 Å². The zero-order valence-corrected chi connectivity index (χ0v) is 11.9. The molecule has 100 valence electrons. The van der Waals surface area contributed by atoms with Crippen LogP contribution in [0.3, 0.4) is 0 Å². The van der Waals surface area contributed by atoms with Gasteiger partial charge in [-0.15, -0.1) is 11.8 Å². The molecule has 1 aromatic rings. The summed E-state index contributed by atoms with van der Waals surface area (Å²) in [4.78, 5) is 1.35. The van der Waals surface area contributed by atoms with Crippen LogP contribution in [-0.2, 0) is 6.54 Å². The lowest BCUT2D eigenvalue weighted by molar-refractivity contribution is 0.116. The lowest BCUT2D eigenvalue weighted by Crippen LogP contribution is -2.34. The molecule has 2 nitrogen and oxygen atoms in total. The van der Waals surface area contributed by atoms with Gasteiger partial charge in [-0.25, -0.2) is 0 Å². The van der Waals surface area contributed by atoms with Gasteiger partial charge in [0, 0.05) is 17.5 Å². The van der Waals surface area contributed by atoms with E-state index in [9.17, 15) is 5.11 Å². The molecule has 1 saturated carbocycles. The number of thioether (sulfide) groups is 1. The average Bonchev–Trinajstić information content (AvgIpc) is 2.40. The van der Waals surface area contributed by atoms with Gasteiger partial charge in [0.15, 0.2) is 0 Å². The Morgan fingerprint density at radius 2 is 1.83 bits per heavy atom. The van der Waals surface area contributed by atoms with E-state index in [1.165, 1.54) is 10.5 Å². The molecule has 0 saturated heterocycles. The molecule has 0 spiro atoms. The molecular weight excluding hydrogens is 242 g/mol. The molecule has 0 radical (unpaired) electrons. The number of rotatable bonds is 5. The molecule has 3 heteroatoms. The van der Waals surface area contributed by atoms with Crippen molar-refractivity contribution in [3.8, 4) is 0 Å². The third-order valence-corrected chi connectivity index (χ3v) is 4.42. The van der Waals surface area contributed by atoms with Crippen molar-refractivity contribution in [3.63, 3.8) is 0 Å². The van der Waals surface area contributed by atoms with Gasteiger partial charge in [0.25, 0.3) is 0 Å². The normalized spacial score (nSPS) is 24.1. The third kappa shape index (κ3) is 4.30. The minimum Gasteiger partial charge on any atom is -0.393 e. The third-order valence-electron chi connectivity index (χ3n) is 3.53. The predicted octanol–water partition coefficient (Wildman–Crippen LogP) is 3.19. The largest absolute Gasteiger partial charge is 0.393 e. The maximum atomic E-state index is 9.46. The molecule has 0 atom stereocenters. The predicted molar refractivity (Wildman–Crippen MR) is 77.9 cm³/mol. The molecule has 1 aromatic carbocycles. The molecule has 18 heavy (non-hydrogen) atoms. The topological polar surface area (TPSA) is 32.3 Å². The highest BCUT2D eigenvalue weighted by atomic mass is 32.2. The second-order valence-corrected chi connectivity index (χ2v) is 6.30. The van der Waals surface area contributed by atoms with Gasteiger partial charge < -0.3 is 10.4 Å². The summed E-state index contributed by atoms with van der Waals surface area (Å²) in [6.45, 7) is 3.12. The SMILES string of the molecule is CCSc1ccc(CNC2CCC(O)CC2)cc1. The molecule has 0 aliphatic heterocycles. The number of benzene rings is 1. The highest BCUT2D eigenvalue weighted by Crippen LogP contribution is 2.20. The number of nitrogens with one attached hydrogen (secondary N) is 1. The second-order valence-electron chi connectivity index (χ2n) is 4.96. The quantitative estimate of drug-likeness (QED) is 0.802. The summed E-state index contributed by atoms with van der Waals surface area (Å²) in [6, 6.07) is 9.41. The van der Waals surface area contributed by atoms with Crippen LogP contribution < -0.4 is 5.32 Å². The van der Waals surface area contributed by atoms with Crippen LogP contribution in [0.25, 0.3) is 0 Å². The Labute approximate surface area is 114 Å². The average molecular weight is 265 g/mol. The van der Waals surface area contributed by atoms with Crippen molar-refractivity contribution in [2.75, 3.05) is 5.75 Å². The van der Waals surface area contributed by atoms with Crippen molar-refractivity contribution in [1.82, 2.24) is 5.32 Å². The minimum absolute atomic E-state index is 0.0617. The van der Waals surface area contributed by atoms with Crippen LogP contribution in [0.4, 0.5) is 0 Å². The highest BCUT2D eigenvalue weighted by molar-refractivity contribution is 7.99. The molecule has 0 amide bonds. The Balaban J connectivity index is 1.76. The van der Waals surface area contributed by atoms with Crippen molar-refractivity contribution < 1.29 is 5.11 Å². The van der Waals surface area contributed by atoms with Crippen LogP contribution in [-0.4, -0.2) is 23.0 Å². The number of aliphatic hydroxyl groups is 1. The van der Waals surface area contributed by atoms with Crippen molar-refractivity contribution >= 4 is 11.8 Å². The van der Waals surface area contributed by atoms with E-state index in [1.807, 2.05) is 11.8 Å². The summed E-state index contributed by atoms with van der Waals surface area (Å²) in [5, 5.41) is 13.1. The molecule has 2 N–H and O–H groups in total. The first-order valence-corrected chi connectivity index (χ1v) is 7.89. The van der Waals surface area contributed by atoms with Gasteiger partial charge in [-0.1, -0.05) is 19.1 Å². The lowest BCUT2D eigenvalue weighted by atomic mass is 9.93. The number of aliphatic hydroxyl groups excluding tert-OH is 1. The van der Waals surface area contributed by atoms with Crippen LogP contribution in [0.1, 0.15) is 38.2 Å². The standard InChI is InChI=1S/C15H23NOS/c1-2-18-15-9-3-12(4-10-15)11-16-13-5-7-14(17)8-6-13/h3-4,9-10,13-14,16-17H,2,5-8,11H2,1H3. The lowest BCUT2D eigenvalue weighted by Gasteiger charge is -2.26. The summed E-state index contributed by atoms with van der Waals surface area (Å²) in [5.74, 6) is 1.13. The van der Waals surface area contributed by atoms with Crippen LogP contribution >= 0.6 is 11.8 Å². The summed E-state index contributed by atoms with van der Waals surface area (Å²) >= 11 is 1.88. The Morgan fingerprint density at radius 1 is 1.17 bits per heavy atom. The highest BCUT2D eigenvalue weighted by Gasteiger charge is 2.18. The zero-order valence-electron chi connectivity index (χ0n) is 11.1. The summed E-state index contributed by atoms with van der Waals surface area (Å²) < 4.78 is 0. The van der Waals surface area contributed by atoms with E-state index < -0.39 is 0 Å². The van der Waals surface area contributed by atoms with E-state index in [1.54, 1.807) is 0 Å².